The molecule has 0 spiro atoms. The smallest absolute Gasteiger partial charge is 0.327 e. The molecule has 1 fully saturated rings. The summed E-state index contributed by atoms with van der Waals surface area (Å²) in [6.45, 7) is 13.3. The highest BCUT2D eigenvalue weighted by Gasteiger charge is 2.49. The SMILES string of the molecule is C/C(=N\c1ccccc1C)c1cccc(B2CC(C)(C)C(C)(C)O2)c1. The molecule has 0 aromatic heterocycles. The van der Waals surface area contributed by atoms with E-state index in [2.05, 4.69) is 77.9 Å². The second-order valence-electron chi connectivity index (χ2n) is 8.31. The summed E-state index contributed by atoms with van der Waals surface area (Å²) in [6, 6.07) is 16.9. The van der Waals surface area contributed by atoms with Gasteiger partial charge in [0, 0.05) is 5.71 Å². The molecular weight excluding hydrogens is 305 g/mol. The molecule has 1 saturated heterocycles. The summed E-state index contributed by atoms with van der Waals surface area (Å²) in [5.41, 5.74) is 5.72. The highest BCUT2D eigenvalue weighted by atomic mass is 16.5. The third-order valence-electron chi connectivity index (χ3n) is 5.84. The van der Waals surface area contributed by atoms with E-state index < -0.39 is 0 Å². The van der Waals surface area contributed by atoms with Gasteiger partial charge in [-0.05, 0) is 62.1 Å². The normalized spacial score (nSPS) is 19.3. The van der Waals surface area contributed by atoms with E-state index in [0.29, 0.717) is 0 Å². The molecule has 0 saturated carbocycles. The molecule has 0 aliphatic carbocycles. The monoisotopic (exact) mass is 333 g/mol. The lowest BCUT2D eigenvalue weighted by Crippen LogP contribution is -2.36. The molecular formula is C22H28BNO. The number of para-hydroxylation sites is 1. The van der Waals surface area contributed by atoms with Crippen molar-refractivity contribution in [3.63, 3.8) is 0 Å². The van der Waals surface area contributed by atoms with Gasteiger partial charge in [-0.1, -0.05) is 56.3 Å². The van der Waals surface area contributed by atoms with Crippen LogP contribution in [-0.4, -0.2) is 18.2 Å². The number of aliphatic imine (C=N–C) groups is 1. The first-order valence-electron chi connectivity index (χ1n) is 9.09. The van der Waals surface area contributed by atoms with Crippen molar-refractivity contribution in [2.24, 2.45) is 10.4 Å². The Kier molecular flexibility index (Phi) is 4.63. The molecule has 130 valence electrons. The fourth-order valence-electron chi connectivity index (χ4n) is 3.35. The van der Waals surface area contributed by atoms with Gasteiger partial charge in [0.25, 0.3) is 0 Å². The second kappa shape index (κ2) is 6.46. The predicted molar refractivity (Wildman–Crippen MR) is 109 cm³/mol. The minimum absolute atomic E-state index is 0.113. The number of aryl methyl sites for hydroxylation is 1. The van der Waals surface area contributed by atoms with Crippen LogP contribution >= 0.6 is 0 Å². The van der Waals surface area contributed by atoms with Gasteiger partial charge in [0.1, 0.15) is 0 Å². The van der Waals surface area contributed by atoms with Crippen molar-refractivity contribution in [3.8, 4) is 0 Å². The number of hydrogen-bond acceptors (Lipinski definition) is 2. The van der Waals surface area contributed by atoms with Crippen LogP contribution in [0.1, 0.15) is 45.7 Å². The zero-order valence-electron chi connectivity index (χ0n) is 16.3. The van der Waals surface area contributed by atoms with Gasteiger partial charge in [0.2, 0.25) is 0 Å². The molecule has 0 radical (unpaired) electrons. The molecule has 0 atom stereocenters. The lowest BCUT2D eigenvalue weighted by Gasteiger charge is -2.34. The second-order valence-corrected chi connectivity index (χ2v) is 8.31. The van der Waals surface area contributed by atoms with E-state index in [-0.39, 0.29) is 17.9 Å². The number of hydrogen-bond donors (Lipinski definition) is 0. The highest BCUT2D eigenvalue weighted by Crippen LogP contribution is 2.45. The van der Waals surface area contributed by atoms with Crippen LogP contribution in [0.4, 0.5) is 5.69 Å². The van der Waals surface area contributed by atoms with Crippen LogP contribution in [-0.2, 0) is 4.65 Å². The lowest BCUT2D eigenvalue weighted by molar-refractivity contribution is 0.0375. The topological polar surface area (TPSA) is 21.6 Å². The number of benzene rings is 2. The molecule has 2 aromatic carbocycles. The maximum absolute atomic E-state index is 6.38. The predicted octanol–water partition coefficient (Wildman–Crippen LogP) is 5.17. The van der Waals surface area contributed by atoms with E-state index in [9.17, 15) is 0 Å². The molecule has 0 amide bonds. The summed E-state index contributed by atoms with van der Waals surface area (Å²) in [5, 5.41) is 0. The molecule has 0 unspecified atom stereocenters. The zero-order valence-corrected chi connectivity index (χ0v) is 16.3. The van der Waals surface area contributed by atoms with Crippen molar-refractivity contribution < 1.29 is 4.65 Å². The van der Waals surface area contributed by atoms with Crippen LogP contribution < -0.4 is 5.46 Å². The fraction of sp³-hybridized carbons (Fsp3) is 0.409. The van der Waals surface area contributed by atoms with Crippen molar-refractivity contribution in [1.29, 1.82) is 0 Å². The third-order valence-corrected chi connectivity index (χ3v) is 5.84. The van der Waals surface area contributed by atoms with Gasteiger partial charge < -0.3 is 4.65 Å². The first-order valence-corrected chi connectivity index (χ1v) is 9.09. The Labute approximate surface area is 152 Å². The molecule has 2 aromatic rings. The van der Waals surface area contributed by atoms with Gasteiger partial charge in [-0.25, -0.2) is 0 Å². The van der Waals surface area contributed by atoms with Crippen LogP contribution in [0.5, 0.6) is 0 Å². The molecule has 2 nitrogen and oxygen atoms in total. The maximum Gasteiger partial charge on any atom is 0.327 e. The Morgan fingerprint density at radius 2 is 1.76 bits per heavy atom. The van der Waals surface area contributed by atoms with E-state index in [1.54, 1.807) is 0 Å². The highest BCUT2D eigenvalue weighted by molar-refractivity contribution is 6.68. The molecule has 0 N–H and O–H groups in total. The summed E-state index contributed by atoms with van der Waals surface area (Å²) in [5.74, 6) is 0. The third kappa shape index (κ3) is 3.57. The van der Waals surface area contributed by atoms with Crippen molar-refractivity contribution in [2.45, 2.75) is 53.5 Å². The minimum Gasteiger partial charge on any atom is -0.426 e. The van der Waals surface area contributed by atoms with Crippen LogP contribution in [0.3, 0.4) is 0 Å². The van der Waals surface area contributed by atoms with Crippen LogP contribution in [0, 0.1) is 12.3 Å². The quantitative estimate of drug-likeness (QED) is 0.561. The van der Waals surface area contributed by atoms with E-state index >= 15 is 0 Å². The van der Waals surface area contributed by atoms with Crippen LogP contribution in [0.25, 0.3) is 0 Å². The average Bonchev–Trinajstić information content (AvgIpc) is 2.78. The fourth-order valence-corrected chi connectivity index (χ4v) is 3.35. The first kappa shape index (κ1) is 17.9. The average molecular weight is 333 g/mol. The molecule has 0 bridgehead atoms. The minimum atomic E-state index is -0.113. The lowest BCUT2D eigenvalue weighted by atomic mass is 9.54. The Hall–Kier alpha value is -1.87. The number of rotatable bonds is 3. The van der Waals surface area contributed by atoms with Crippen molar-refractivity contribution in [3.05, 3.63) is 59.7 Å². The van der Waals surface area contributed by atoms with Gasteiger partial charge >= 0.3 is 6.92 Å². The molecule has 1 heterocycles. The molecule has 3 heteroatoms. The Morgan fingerprint density at radius 3 is 2.40 bits per heavy atom. The number of nitrogens with zero attached hydrogens (tertiary/aromatic N) is 1. The van der Waals surface area contributed by atoms with E-state index in [1.807, 2.05) is 12.1 Å². The van der Waals surface area contributed by atoms with Gasteiger partial charge in [-0.2, -0.15) is 0 Å². The van der Waals surface area contributed by atoms with Gasteiger partial charge in [0.05, 0.1) is 11.3 Å². The van der Waals surface area contributed by atoms with E-state index in [0.717, 1.165) is 23.3 Å². The van der Waals surface area contributed by atoms with Crippen LogP contribution in [0.2, 0.25) is 6.32 Å². The van der Waals surface area contributed by atoms with Gasteiger partial charge in [-0.15, -0.1) is 0 Å². The molecule has 25 heavy (non-hydrogen) atoms. The summed E-state index contributed by atoms with van der Waals surface area (Å²) in [4.78, 5) is 4.83. The van der Waals surface area contributed by atoms with Crippen LogP contribution in [0.15, 0.2) is 53.5 Å². The van der Waals surface area contributed by atoms with E-state index in [4.69, 9.17) is 9.65 Å². The van der Waals surface area contributed by atoms with Crippen molar-refractivity contribution in [1.82, 2.24) is 0 Å². The summed E-state index contributed by atoms with van der Waals surface area (Å²) in [6.07, 6.45) is 1.04. The standard InChI is InChI=1S/C22H28BNO/c1-16-10-7-8-13-20(16)24-17(2)18-11-9-12-19(14-18)23-15-21(3,4)22(5,6)25-23/h7-14H,15H2,1-6H3/b24-17+. The molecule has 1 aliphatic heterocycles. The zero-order chi connectivity index (χ0) is 18.2. The van der Waals surface area contributed by atoms with Gasteiger partial charge in [0.15, 0.2) is 0 Å². The Balaban J connectivity index is 1.89. The maximum atomic E-state index is 6.38. The van der Waals surface area contributed by atoms with Gasteiger partial charge in [-0.3, -0.25) is 4.99 Å². The first-order chi connectivity index (χ1) is 11.7. The summed E-state index contributed by atoms with van der Waals surface area (Å²) in [7, 11) is 0. The summed E-state index contributed by atoms with van der Waals surface area (Å²) < 4.78 is 6.38. The van der Waals surface area contributed by atoms with Crippen molar-refractivity contribution >= 4 is 23.8 Å². The van der Waals surface area contributed by atoms with Crippen molar-refractivity contribution in [2.75, 3.05) is 0 Å². The Bertz CT molecular complexity index is 791. The largest absolute Gasteiger partial charge is 0.426 e. The Morgan fingerprint density at radius 1 is 1.04 bits per heavy atom. The molecule has 3 rings (SSSR count). The molecule has 1 aliphatic rings. The summed E-state index contributed by atoms with van der Waals surface area (Å²) >= 11 is 0. The van der Waals surface area contributed by atoms with E-state index in [1.165, 1.54) is 11.0 Å².